The minimum absolute atomic E-state index is 0.459. The number of aromatic nitrogens is 1. The molecular weight excluding hydrogens is 254 g/mol. The van der Waals surface area contributed by atoms with Crippen molar-refractivity contribution in [3.63, 3.8) is 0 Å². The van der Waals surface area contributed by atoms with Crippen LogP contribution in [0.25, 0.3) is 0 Å². The van der Waals surface area contributed by atoms with Crippen LogP contribution in [0.5, 0.6) is 0 Å². The SMILES string of the molecule is Nc1[nH]c(=O)c(S(=O)(=O)Cl)cc1C(F)F. The monoisotopic (exact) mass is 258 g/mol. The van der Waals surface area contributed by atoms with Gasteiger partial charge in [-0.3, -0.25) is 4.79 Å². The Bertz CT molecular complexity index is 540. The van der Waals surface area contributed by atoms with E-state index in [9.17, 15) is 22.0 Å². The second-order valence-corrected chi connectivity index (χ2v) is 5.10. The number of hydrogen-bond donors (Lipinski definition) is 2. The molecule has 0 saturated heterocycles. The molecule has 84 valence electrons. The molecule has 0 saturated carbocycles. The highest BCUT2D eigenvalue weighted by Crippen LogP contribution is 2.24. The van der Waals surface area contributed by atoms with Crippen molar-refractivity contribution in [2.75, 3.05) is 5.73 Å². The standard InChI is InChI=1S/C6H5ClF2N2O3S/c7-15(13,14)3-1-2(4(8)9)5(10)11-6(3)12/h1,4H,(H3,10,11,12). The van der Waals surface area contributed by atoms with Crippen molar-refractivity contribution in [3.8, 4) is 0 Å². The molecule has 0 aromatic carbocycles. The summed E-state index contributed by atoms with van der Waals surface area (Å²) in [7, 11) is 0.493. The first-order chi connectivity index (χ1) is 6.73. The van der Waals surface area contributed by atoms with Crippen molar-refractivity contribution in [2.45, 2.75) is 11.3 Å². The van der Waals surface area contributed by atoms with Gasteiger partial charge in [0, 0.05) is 10.7 Å². The summed E-state index contributed by atoms with van der Waals surface area (Å²) in [5, 5.41) is 0. The van der Waals surface area contributed by atoms with Gasteiger partial charge < -0.3 is 10.7 Å². The average Bonchev–Trinajstić information content (AvgIpc) is 2.00. The van der Waals surface area contributed by atoms with Crippen LogP contribution < -0.4 is 11.3 Å². The predicted octanol–water partition coefficient (Wildman–Crippen LogP) is 0.822. The molecular formula is C6H5ClF2N2O3S. The fourth-order valence-corrected chi connectivity index (χ4v) is 1.79. The molecule has 0 spiro atoms. The number of nitrogens with two attached hydrogens (primary N) is 1. The molecule has 0 radical (unpaired) electrons. The lowest BCUT2D eigenvalue weighted by atomic mass is 10.3. The van der Waals surface area contributed by atoms with Gasteiger partial charge >= 0.3 is 0 Å². The van der Waals surface area contributed by atoms with E-state index in [1.165, 1.54) is 0 Å². The summed E-state index contributed by atoms with van der Waals surface area (Å²) >= 11 is 0. The smallest absolute Gasteiger partial charge is 0.269 e. The number of pyridine rings is 1. The van der Waals surface area contributed by atoms with Gasteiger partial charge in [-0.05, 0) is 6.07 Å². The molecule has 0 amide bonds. The normalized spacial score (nSPS) is 12.0. The Morgan fingerprint density at radius 3 is 2.40 bits per heavy atom. The molecule has 0 aliphatic rings. The molecule has 9 heteroatoms. The van der Waals surface area contributed by atoms with Gasteiger partial charge in [-0.15, -0.1) is 0 Å². The number of nitrogen functional groups attached to an aromatic ring is 1. The van der Waals surface area contributed by atoms with E-state index in [1.54, 1.807) is 4.98 Å². The van der Waals surface area contributed by atoms with Crippen LogP contribution in [0.1, 0.15) is 12.0 Å². The van der Waals surface area contributed by atoms with Crippen LogP contribution in [0, 0.1) is 0 Å². The summed E-state index contributed by atoms with van der Waals surface area (Å²) in [5.41, 5.74) is 3.15. The van der Waals surface area contributed by atoms with Crippen LogP contribution in [0.4, 0.5) is 14.6 Å². The minimum atomic E-state index is -4.37. The van der Waals surface area contributed by atoms with Crippen molar-refractivity contribution < 1.29 is 17.2 Å². The number of aromatic amines is 1. The molecule has 1 heterocycles. The lowest BCUT2D eigenvalue weighted by Crippen LogP contribution is -2.17. The van der Waals surface area contributed by atoms with Crippen molar-refractivity contribution in [1.29, 1.82) is 0 Å². The Morgan fingerprint density at radius 1 is 1.47 bits per heavy atom. The molecule has 0 aliphatic heterocycles. The van der Waals surface area contributed by atoms with Crippen LogP contribution in [-0.2, 0) is 9.05 Å². The molecule has 0 fully saturated rings. The summed E-state index contributed by atoms with van der Waals surface area (Å²) in [6, 6.07) is 0.459. The van der Waals surface area contributed by atoms with Crippen LogP contribution in [0.3, 0.4) is 0 Å². The van der Waals surface area contributed by atoms with Gasteiger partial charge in [0.1, 0.15) is 10.7 Å². The van der Waals surface area contributed by atoms with Crippen LogP contribution in [0.2, 0.25) is 0 Å². The summed E-state index contributed by atoms with van der Waals surface area (Å²) < 4.78 is 46.2. The molecule has 0 bridgehead atoms. The van der Waals surface area contributed by atoms with Crippen LogP contribution >= 0.6 is 10.7 Å². The number of H-pyrrole nitrogens is 1. The zero-order valence-corrected chi connectivity index (χ0v) is 8.57. The first-order valence-electron chi connectivity index (χ1n) is 3.49. The second-order valence-electron chi connectivity index (χ2n) is 2.57. The minimum Gasteiger partial charge on any atom is -0.385 e. The molecule has 0 unspecified atom stereocenters. The number of nitrogens with one attached hydrogen (secondary N) is 1. The third-order valence-electron chi connectivity index (χ3n) is 1.57. The molecule has 0 aliphatic carbocycles. The molecule has 1 aromatic rings. The van der Waals surface area contributed by atoms with E-state index in [0.717, 1.165) is 0 Å². The maximum absolute atomic E-state index is 12.3. The van der Waals surface area contributed by atoms with Gasteiger partial charge in [0.15, 0.2) is 0 Å². The quantitative estimate of drug-likeness (QED) is 0.768. The average molecular weight is 259 g/mol. The summed E-state index contributed by atoms with van der Waals surface area (Å²) in [4.78, 5) is 11.8. The van der Waals surface area contributed by atoms with E-state index < -0.39 is 37.3 Å². The number of rotatable bonds is 2. The van der Waals surface area contributed by atoms with E-state index in [1.807, 2.05) is 0 Å². The van der Waals surface area contributed by atoms with Crippen molar-refractivity contribution in [3.05, 3.63) is 22.0 Å². The van der Waals surface area contributed by atoms with E-state index in [4.69, 9.17) is 16.4 Å². The molecule has 1 aromatic heterocycles. The van der Waals surface area contributed by atoms with Gasteiger partial charge in [0.05, 0.1) is 5.56 Å². The van der Waals surface area contributed by atoms with Crippen molar-refractivity contribution >= 4 is 25.6 Å². The van der Waals surface area contributed by atoms with Crippen molar-refractivity contribution in [1.82, 2.24) is 4.98 Å². The Morgan fingerprint density at radius 2 is 2.00 bits per heavy atom. The Balaban J connectivity index is 3.58. The van der Waals surface area contributed by atoms with Crippen molar-refractivity contribution in [2.24, 2.45) is 0 Å². The molecule has 5 nitrogen and oxygen atoms in total. The fourth-order valence-electron chi connectivity index (χ4n) is 0.902. The number of hydrogen-bond acceptors (Lipinski definition) is 4. The molecule has 1 rings (SSSR count). The fraction of sp³-hybridized carbons (Fsp3) is 0.167. The van der Waals surface area contributed by atoms with Gasteiger partial charge in [0.25, 0.3) is 21.0 Å². The van der Waals surface area contributed by atoms with E-state index in [0.29, 0.717) is 6.07 Å². The van der Waals surface area contributed by atoms with E-state index in [-0.39, 0.29) is 0 Å². The largest absolute Gasteiger partial charge is 0.385 e. The zero-order valence-electron chi connectivity index (χ0n) is 7.00. The maximum Gasteiger partial charge on any atom is 0.269 e. The van der Waals surface area contributed by atoms with Crippen LogP contribution in [-0.4, -0.2) is 13.4 Å². The summed E-state index contributed by atoms with van der Waals surface area (Å²) in [6.07, 6.45) is -3.00. The van der Waals surface area contributed by atoms with Crippen LogP contribution in [0.15, 0.2) is 15.8 Å². The molecule has 0 atom stereocenters. The zero-order chi connectivity index (χ0) is 11.8. The second kappa shape index (κ2) is 3.78. The maximum atomic E-state index is 12.3. The highest BCUT2D eigenvalue weighted by Gasteiger charge is 2.21. The molecule has 3 N–H and O–H groups in total. The molecule has 15 heavy (non-hydrogen) atoms. The Labute approximate surface area is 87.3 Å². The number of halogens is 3. The first kappa shape index (κ1) is 11.9. The van der Waals surface area contributed by atoms with Gasteiger partial charge in [-0.25, -0.2) is 17.2 Å². The predicted molar refractivity (Wildman–Crippen MR) is 49.5 cm³/mol. The lowest BCUT2D eigenvalue weighted by Gasteiger charge is -2.04. The number of anilines is 1. The van der Waals surface area contributed by atoms with E-state index >= 15 is 0 Å². The topological polar surface area (TPSA) is 93.0 Å². The van der Waals surface area contributed by atoms with Gasteiger partial charge in [-0.1, -0.05) is 0 Å². The Kier molecular flexibility index (Phi) is 3.00. The van der Waals surface area contributed by atoms with E-state index in [2.05, 4.69) is 0 Å². The number of alkyl halides is 2. The summed E-state index contributed by atoms with van der Waals surface area (Å²) in [6.45, 7) is 0. The highest BCUT2D eigenvalue weighted by atomic mass is 35.7. The third kappa shape index (κ3) is 2.45. The third-order valence-corrected chi connectivity index (χ3v) is 2.89. The first-order valence-corrected chi connectivity index (χ1v) is 5.80. The summed E-state index contributed by atoms with van der Waals surface area (Å²) in [5.74, 6) is -0.584. The van der Waals surface area contributed by atoms with Gasteiger partial charge in [-0.2, -0.15) is 0 Å². The highest BCUT2D eigenvalue weighted by molar-refractivity contribution is 8.13. The Hall–Kier alpha value is -1.15. The lowest BCUT2D eigenvalue weighted by molar-refractivity contribution is 0.151. The van der Waals surface area contributed by atoms with Gasteiger partial charge in [0.2, 0.25) is 0 Å².